The predicted octanol–water partition coefficient (Wildman–Crippen LogP) is 1.29. The largest absolute Gasteiger partial charge is 0.468 e. The molecular weight excluding hydrogens is 184 g/mol. The number of hydrogen-bond acceptors (Lipinski definition) is 4. The van der Waals surface area contributed by atoms with Gasteiger partial charge in [-0.2, -0.15) is 0 Å². The summed E-state index contributed by atoms with van der Waals surface area (Å²) in [6.45, 7) is 0.0839. The lowest BCUT2D eigenvalue weighted by atomic mass is 10.1. The summed E-state index contributed by atoms with van der Waals surface area (Å²) >= 11 is 0. The summed E-state index contributed by atoms with van der Waals surface area (Å²) in [7, 11) is 1.49. The Hall–Kier alpha value is -1.68. The van der Waals surface area contributed by atoms with E-state index in [0.717, 1.165) is 0 Å². The van der Waals surface area contributed by atoms with Crippen molar-refractivity contribution in [1.82, 2.24) is 0 Å². The first-order valence-electron chi connectivity index (χ1n) is 3.97. The van der Waals surface area contributed by atoms with Crippen LogP contribution in [0.5, 0.6) is 5.75 Å². The molecule has 0 amide bonds. The van der Waals surface area contributed by atoms with Gasteiger partial charge in [-0.25, -0.2) is 0 Å². The zero-order chi connectivity index (χ0) is 10.4. The van der Waals surface area contributed by atoms with Gasteiger partial charge in [0.2, 0.25) is 0 Å². The Bertz CT molecular complexity index is 307. The normalized spacial score (nSPS) is 9.50. The Balaban J connectivity index is 2.92. The van der Waals surface area contributed by atoms with Gasteiger partial charge in [-0.05, 0) is 18.2 Å². The minimum Gasteiger partial charge on any atom is -0.468 e. The molecule has 0 bridgehead atoms. The third-order valence-electron chi connectivity index (χ3n) is 1.57. The van der Waals surface area contributed by atoms with Crippen LogP contribution in [0, 0.1) is 0 Å². The maximum atomic E-state index is 10.5. The molecule has 1 aromatic carbocycles. The Morgan fingerprint density at radius 2 is 1.71 bits per heavy atom. The molecule has 0 heterocycles. The van der Waals surface area contributed by atoms with Crippen LogP contribution in [0.1, 0.15) is 20.7 Å². The van der Waals surface area contributed by atoms with Crippen molar-refractivity contribution in [2.75, 3.05) is 13.9 Å². The molecule has 14 heavy (non-hydrogen) atoms. The predicted molar refractivity (Wildman–Crippen MR) is 49.7 cm³/mol. The standard InChI is InChI=1S/C10H10O4/c1-13-7-14-10-3-8(5-11)2-9(4-10)6-12/h2-6H,7H2,1H3. The average Bonchev–Trinajstić information content (AvgIpc) is 2.25. The molecule has 0 radical (unpaired) electrons. The van der Waals surface area contributed by atoms with Gasteiger partial charge in [0.25, 0.3) is 0 Å². The van der Waals surface area contributed by atoms with Gasteiger partial charge in [-0.15, -0.1) is 0 Å². The first-order chi connectivity index (χ1) is 6.80. The van der Waals surface area contributed by atoms with E-state index in [2.05, 4.69) is 0 Å². The summed E-state index contributed by atoms with van der Waals surface area (Å²) in [5.74, 6) is 0.443. The van der Waals surface area contributed by atoms with Crippen LogP contribution in [0.15, 0.2) is 18.2 Å². The van der Waals surface area contributed by atoms with Crippen LogP contribution in [0.2, 0.25) is 0 Å². The Morgan fingerprint density at radius 1 is 1.14 bits per heavy atom. The summed E-state index contributed by atoms with van der Waals surface area (Å²) in [4.78, 5) is 21.0. The SMILES string of the molecule is COCOc1cc(C=O)cc(C=O)c1. The second-order valence-corrected chi connectivity index (χ2v) is 2.62. The van der Waals surface area contributed by atoms with E-state index in [9.17, 15) is 9.59 Å². The van der Waals surface area contributed by atoms with Crippen LogP contribution in [0.4, 0.5) is 0 Å². The van der Waals surface area contributed by atoms with Gasteiger partial charge < -0.3 is 9.47 Å². The molecule has 1 rings (SSSR count). The second kappa shape index (κ2) is 5.14. The molecule has 74 valence electrons. The molecule has 0 atom stereocenters. The van der Waals surface area contributed by atoms with E-state index in [1.807, 2.05) is 0 Å². The van der Waals surface area contributed by atoms with Gasteiger partial charge in [0, 0.05) is 18.2 Å². The van der Waals surface area contributed by atoms with Crippen LogP contribution in [0.3, 0.4) is 0 Å². The molecule has 0 saturated carbocycles. The summed E-state index contributed by atoms with van der Waals surface area (Å²) in [6.07, 6.45) is 1.32. The smallest absolute Gasteiger partial charge is 0.188 e. The number of aldehydes is 2. The highest BCUT2D eigenvalue weighted by atomic mass is 16.7. The highest BCUT2D eigenvalue weighted by molar-refractivity contribution is 5.83. The van der Waals surface area contributed by atoms with Gasteiger partial charge in [0.15, 0.2) is 6.79 Å². The quantitative estimate of drug-likeness (QED) is 0.523. The van der Waals surface area contributed by atoms with E-state index in [1.165, 1.54) is 13.2 Å². The van der Waals surface area contributed by atoms with Crippen molar-refractivity contribution >= 4 is 12.6 Å². The summed E-state index contributed by atoms with van der Waals surface area (Å²) < 4.78 is 9.79. The Kier molecular flexibility index (Phi) is 3.82. The number of hydrogen-bond donors (Lipinski definition) is 0. The van der Waals surface area contributed by atoms with E-state index >= 15 is 0 Å². The number of rotatable bonds is 5. The number of carbonyl (C=O) groups is 2. The lowest BCUT2D eigenvalue weighted by molar-refractivity contribution is 0.0510. The van der Waals surface area contributed by atoms with Crippen molar-refractivity contribution in [2.24, 2.45) is 0 Å². The molecule has 4 heteroatoms. The molecule has 0 N–H and O–H groups in total. The van der Waals surface area contributed by atoms with E-state index < -0.39 is 0 Å². The summed E-state index contributed by atoms with van der Waals surface area (Å²) in [5, 5.41) is 0. The highest BCUT2D eigenvalue weighted by Gasteiger charge is 2.00. The molecule has 1 aromatic rings. The van der Waals surface area contributed by atoms with Crippen molar-refractivity contribution in [2.45, 2.75) is 0 Å². The minimum atomic E-state index is 0.0839. The van der Waals surface area contributed by atoms with Crippen molar-refractivity contribution in [3.8, 4) is 5.75 Å². The van der Waals surface area contributed by atoms with Crippen LogP contribution in [0.25, 0.3) is 0 Å². The molecule has 0 aliphatic rings. The maximum absolute atomic E-state index is 10.5. The Morgan fingerprint density at radius 3 is 2.14 bits per heavy atom. The van der Waals surface area contributed by atoms with E-state index in [1.54, 1.807) is 12.1 Å². The first kappa shape index (κ1) is 10.4. The third-order valence-corrected chi connectivity index (χ3v) is 1.57. The van der Waals surface area contributed by atoms with Crippen LogP contribution >= 0.6 is 0 Å². The lowest BCUT2D eigenvalue weighted by Crippen LogP contribution is -2.00. The van der Waals surface area contributed by atoms with E-state index in [-0.39, 0.29) is 6.79 Å². The maximum Gasteiger partial charge on any atom is 0.188 e. The van der Waals surface area contributed by atoms with Crippen LogP contribution in [-0.4, -0.2) is 26.5 Å². The second-order valence-electron chi connectivity index (χ2n) is 2.62. The van der Waals surface area contributed by atoms with Crippen molar-refractivity contribution in [3.05, 3.63) is 29.3 Å². The van der Waals surface area contributed by atoms with E-state index in [4.69, 9.17) is 9.47 Å². The zero-order valence-corrected chi connectivity index (χ0v) is 7.73. The molecule has 4 nitrogen and oxygen atoms in total. The fourth-order valence-electron chi connectivity index (χ4n) is 0.992. The fraction of sp³-hybridized carbons (Fsp3) is 0.200. The van der Waals surface area contributed by atoms with Gasteiger partial charge in [-0.3, -0.25) is 9.59 Å². The molecule has 0 unspecified atom stereocenters. The fourth-order valence-corrected chi connectivity index (χ4v) is 0.992. The van der Waals surface area contributed by atoms with Gasteiger partial charge in [0.05, 0.1) is 0 Å². The summed E-state index contributed by atoms with van der Waals surface area (Å²) in [6, 6.07) is 4.57. The van der Waals surface area contributed by atoms with Gasteiger partial charge >= 0.3 is 0 Å². The minimum absolute atomic E-state index is 0.0839. The highest BCUT2D eigenvalue weighted by Crippen LogP contribution is 2.15. The topological polar surface area (TPSA) is 52.6 Å². The number of carbonyl (C=O) groups excluding carboxylic acids is 2. The molecule has 0 fully saturated rings. The Labute approximate surface area is 81.4 Å². The first-order valence-corrected chi connectivity index (χ1v) is 3.97. The van der Waals surface area contributed by atoms with Crippen LogP contribution < -0.4 is 4.74 Å². The zero-order valence-electron chi connectivity index (χ0n) is 7.73. The third kappa shape index (κ3) is 2.67. The van der Waals surface area contributed by atoms with Crippen molar-refractivity contribution < 1.29 is 19.1 Å². The van der Waals surface area contributed by atoms with Gasteiger partial charge in [0.1, 0.15) is 18.3 Å². The molecule has 0 aliphatic carbocycles. The lowest BCUT2D eigenvalue weighted by Gasteiger charge is -2.05. The number of ether oxygens (including phenoxy) is 2. The average molecular weight is 194 g/mol. The molecule has 0 saturated heterocycles. The van der Waals surface area contributed by atoms with E-state index in [0.29, 0.717) is 29.4 Å². The molecule has 0 aromatic heterocycles. The number of benzene rings is 1. The van der Waals surface area contributed by atoms with Crippen molar-refractivity contribution in [1.29, 1.82) is 0 Å². The number of methoxy groups -OCH3 is 1. The van der Waals surface area contributed by atoms with Gasteiger partial charge in [-0.1, -0.05) is 0 Å². The molecule has 0 aliphatic heterocycles. The molecule has 0 spiro atoms. The van der Waals surface area contributed by atoms with Crippen LogP contribution in [-0.2, 0) is 4.74 Å². The molecular formula is C10H10O4. The van der Waals surface area contributed by atoms with Crippen molar-refractivity contribution in [3.63, 3.8) is 0 Å². The monoisotopic (exact) mass is 194 g/mol. The summed E-state index contributed by atoms with van der Waals surface area (Å²) in [5.41, 5.74) is 0.807.